The van der Waals surface area contributed by atoms with Gasteiger partial charge >= 0.3 is 5.97 Å². The van der Waals surface area contributed by atoms with Gasteiger partial charge in [-0.2, -0.15) is 0 Å². The molecule has 0 aromatic heterocycles. The predicted molar refractivity (Wildman–Crippen MR) is 67.4 cm³/mol. The smallest absolute Gasteiger partial charge is 0.309 e. The number of hydrogen-bond acceptors (Lipinski definition) is 4. The number of rotatable bonds is 5. The van der Waals surface area contributed by atoms with E-state index in [2.05, 4.69) is 0 Å². The van der Waals surface area contributed by atoms with Crippen molar-refractivity contribution in [2.24, 2.45) is 5.92 Å². The predicted octanol–water partition coefficient (Wildman–Crippen LogP) is 2.56. The van der Waals surface area contributed by atoms with Crippen LogP contribution >= 0.6 is 11.8 Å². The Morgan fingerprint density at radius 1 is 1.44 bits per heavy atom. The Morgan fingerprint density at radius 3 is 2.62 bits per heavy atom. The average molecular weight is 239 g/mol. The van der Waals surface area contributed by atoms with Crippen LogP contribution in [0.25, 0.3) is 0 Å². The van der Waals surface area contributed by atoms with Gasteiger partial charge in [0.1, 0.15) is 0 Å². The minimum atomic E-state index is -0.134. The summed E-state index contributed by atoms with van der Waals surface area (Å²) < 4.78 is 4.94. The third-order valence-corrected chi connectivity index (χ3v) is 3.34. The van der Waals surface area contributed by atoms with Crippen LogP contribution in [0.2, 0.25) is 0 Å². The molecule has 0 amide bonds. The summed E-state index contributed by atoms with van der Waals surface area (Å²) in [6.45, 7) is 4.13. The van der Waals surface area contributed by atoms with Crippen LogP contribution in [0.4, 0.5) is 5.69 Å². The lowest BCUT2D eigenvalue weighted by atomic mass is 10.2. The zero-order chi connectivity index (χ0) is 12.0. The van der Waals surface area contributed by atoms with Crippen molar-refractivity contribution in [3.05, 3.63) is 24.3 Å². The van der Waals surface area contributed by atoms with Gasteiger partial charge in [0.25, 0.3) is 0 Å². The maximum Gasteiger partial charge on any atom is 0.309 e. The second-order valence-electron chi connectivity index (χ2n) is 3.53. The van der Waals surface area contributed by atoms with Crippen molar-refractivity contribution in [1.82, 2.24) is 0 Å². The highest BCUT2D eigenvalue weighted by atomic mass is 32.2. The van der Waals surface area contributed by atoms with Gasteiger partial charge in [0.15, 0.2) is 0 Å². The van der Waals surface area contributed by atoms with Gasteiger partial charge in [0.2, 0.25) is 0 Å². The molecule has 0 saturated carbocycles. The van der Waals surface area contributed by atoms with Gasteiger partial charge in [0.05, 0.1) is 12.5 Å². The average Bonchev–Trinajstić information content (AvgIpc) is 2.28. The summed E-state index contributed by atoms with van der Waals surface area (Å²) in [5, 5.41) is 0. The van der Waals surface area contributed by atoms with E-state index in [4.69, 9.17) is 10.5 Å². The quantitative estimate of drug-likeness (QED) is 0.487. The first-order valence-corrected chi connectivity index (χ1v) is 6.27. The molecular weight excluding hydrogens is 222 g/mol. The molecule has 0 spiro atoms. The number of thioether (sulfide) groups is 1. The monoisotopic (exact) mass is 239 g/mol. The second-order valence-corrected chi connectivity index (χ2v) is 4.63. The molecule has 2 N–H and O–H groups in total. The number of benzene rings is 1. The summed E-state index contributed by atoms with van der Waals surface area (Å²) in [4.78, 5) is 12.5. The van der Waals surface area contributed by atoms with Crippen LogP contribution in [-0.4, -0.2) is 18.3 Å². The molecule has 0 aliphatic heterocycles. The topological polar surface area (TPSA) is 52.3 Å². The minimum Gasteiger partial charge on any atom is -0.466 e. The van der Waals surface area contributed by atoms with Crippen molar-refractivity contribution in [3.63, 3.8) is 0 Å². The van der Waals surface area contributed by atoms with E-state index < -0.39 is 0 Å². The molecule has 1 aromatic rings. The Bertz CT molecular complexity index is 337. The largest absolute Gasteiger partial charge is 0.466 e. The summed E-state index contributed by atoms with van der Waals surface area (Å²) in [5.41, 5.74) is 6.34. The zero-order valence-electron chi connectivity index (χ0n) is 9.60. The third-order valence-electron chi connectivity index (χ3n) is 2.07. The lowest BCUT2D eigenvalue weighted by molar-refractivity contribution is -0.146. The minimum absolute atomic E-state index is 0.0810. The summed E-state index contributed by atoms with van der Waals surface area (Å²) in [6, 6.07) is 7.63. The van der Waals surface area contributed by atoms with Crippen LogP contribution in [-0.2, 0) is 9.53 Å². The molecule has 1 aromatic carbocycles. The maximum atomic E-state index is 11.4. The molecule has 0 radical (unpaired) electrons. The molecule has 0 aliphatic carbocycles. The molecule has 88 valence electrons. The van der Waals surface area contributed by atoms with Crippen molar-refractivity contribution in [2.45, 2.75) is 18.7 Å². The lowest BCUT2D eigenvalue weighted by Gasteiger charge is -2.09. The van der Waals surface area contributed by atoms with Gasteiger partial charge < -0.3 is 10.5 Å². The Labute approximate surface area is 100 Å². The van der Waals surface area contributed by atoms with Crippen LogP contribution in [0.3, 0.4) is 0 Å². The van der Waals surface area contributed by atoms with Crippen LogP contribution in [0.15, 0.2) is 29.2 Å². The third kappa shape index (κ3) is 4.14. The Kier molecular flexibility index (Phi) is 5.19. The first kappa shape index (κ1) is 12.9. The second kappa shape index (κ2) is 6.43. The van der Waals surface area contributed by atoms with E-state index in [-0.39, 0.29) is 11.9 Å². The normalized spacial score (nSPS) is 12.1. The molecule has 1 rings (SSSR count). The molecule has 1 atom stereocenters. The summed E-state index contributed by atoms with van der Waals surface area (Å²) in [5.74, 6) is 0.510. The van der Waals surface area contributed by atoms with Crippen molar-refractivity contribution in [2.75, 3.05) is 18.1 Å². The van der Waals surface area contributed by atoms with Crippen molar-refractivity contribution >= 4 is 23.4 Å². The molecule has 0 fully saturated rings. The molecule has 4 heteroatoms. The fraction of sp³-hybridized carbons (Fsp3) is 0.417. The Morgan fingerprint density at radius 2 is 2.06 bits per heavy atom. The highest BCUT2D eigenvalue weighted by Crippen LogP contribution is 2.22. The fourth-order valence-corrected chi connectivity index (χ4v) is 2.04. The van der Waals surface area contributed by atoms with Crippen LogP contribution < -0.4 is 5.73 Å². The highest BCUT2D eigenvalue weighted by Gasteiger charge is 2.13. The van der Waals surface area contributed by atoms with E-state index in [0.29, 0.717) is 6.61 Å². The number of hydrogen-bond donors (Lipinski definition) is 1. The van der Waals surface area contributed by atoms with E-state index in [1.807, 2.05) is 38.1 Å². The number of carbonyl (C=O) groups excluding carboxylic acids is 1. The first-order valence-electron chi connectivity index (χ1n) is 5.28. The SMILES string of the molecule is CCOC(=O)C(C)CSc1ccc(N)cc1. The Hall–Kier alpha value is -1.16. The molecular formula is C12H17NO2S. The van der Waals surface area contributed by atoms with Gasteiger partial charge in [-0.15, -0.1) is 11.8 Å². The molecule has 1 unspecified atom stereocenters. The van der Waals surface area contributed by atoms with E-state index in [0.717, 1.165) is 16.3 Å². The lowest BCUT2D eigenvalue weighted by Crippen LogP contribution is -2.16. The van der Waals surface area contributed by atoms with Gasteiger partial charge in [0, 0.05) is 16.3 Å². The molecule has 0 bridgehead atoms. The number of carbonyl (C=O) groups is 1. The van der Waals surface area contributed by atoms with E-state index in [9.17, 15) is 4.79 Å². The van der Waals surface area contributed by atoms with E-state index in [1.54, 1.807) is 11.8 Å². The Balaban J connectivity index is 2.39. The van der Waals surface area contributed by atoms with Gasteiger partial charge in [-0.1, -0.05) is 6.92 Å². The molecule has 16 heavy (non-hydrogen) atoms. The highest BCUT2D eigenvalue weighted by molar-refractivity contribution is 7.99. The van der Waals surface area contributed by atoms with E-state index >= 15 is 0 Å². The zero-order valence-corrected chi connectivity index (χ0v) is 10.4. The van der Waals surface area contributed by atoms with E-state index in [1.165, 1.54) is 0 Å². The van der Waals surface area contributed by atoms with Crippen molar-refractivity contribution < 1.29 is 9.53 Å². The number of nitrogens with two attached hydrogens (primary N) is 1. The van der Waals surface area contributed by atoms with Gasteiger partial charge in [-0.3, -0.25) is 4.79 Å². The molecule has 0 aliphatic rings. The summed E-state index contributed by atoms with van der Waals surface area (Å²) in [7, 11) is 0. The van der Waals surface area contributed by atoms with Crippen LogP contribution in [0.5, 0.6) is 0 Å². The van der Waals surface area contributed by atoms with Crippen molar-refractivity contribution in [3.8, 4) is 0 Å². The number of esters is 1. The van der Waals surface area contributed by atoms with Gasteiger partial charge in [-0.05, 0) is 31.2 Å². The molecule has 3 nitrogen and oxygen atoms in total. The molecule has 0 heterocycles. The van der Waals surface area contributed by atoms with Crippen LogP contribution in [0.1, 0.15) is 13.8 Å². The van der Waals surface area contributed by atoms with Crippen molar-refractivity contribution in [1.29, 1.82) is 0 Å². The number of nitrogen functional groups attached to an aromatic ring is 1. The fourth-order valence-electron chi connectivity index (χ4n) is 1.14. The standard InChI is InChI=1S/C12H17NO2S/c1-3-15-12(14)9(2)8-16-11-6-4-10(13)5-7-11/h4-7,9H,3,8,13H2,1-2H3. The maximum absolute atomic E-state index is 11.4. The molecule has 0 saturated heterocycles. The summed E-state index contributed by atoms with van der Waals surface area (Å²) in [6.07, 6.45) is 0. The number of anilines is 1. The van der Waals surface area contributed by atoms with Crippen LogP contribution in [0, 0.1) is 5.92 Å². The number of ether oxygens (including phenoxy) is 1. The first-order chi connectivity index (χ1) is 7.63. The van der Waals surface area contributed by atoms with Gasteiger partial charge in [-0.25, -0.2) is 0 Å². The summed E-state index contributed by atoms with van der Waals surface area (Å²) >= 11 is 1.64.